The van der Waals surface area contributed by atoms with Crippen LogP contribution in [0.25, 0.3) is 0 Å². The summed E-state index contributed by atoms with van der Waals surface area (Å²) in [6, 6.07) is 2.95. The lowest BCUT2D eigenvalue weighted by molar-refractivity contribution is 0.181. The molecule has 0 heterocycles. The van der Waals surface area contributed by atoms with Gasteiger partial charge in [0.15, 0.2) is 11.6 Å². The Labute approximate surface area is 75.6 Å². The zero-order chi connectivity index (χ0) is 10.0. The maximum absolute atomic E-state index is 13.1. The SMILES string of the molecule is Cc1ccc(C(O)CN)c(O)c1F. The fourth-order valence-corrected chi connectivity index (χ4v) is 1.08. The van der Waals surface area contributed by atoms with Gasteiger partial charge in [0.1, 0.15) is 0 Å². The number of aromatic hydroxyl groups is 1. The molecule has 4 heteroatoms. The highest BCUT2D eigenvalue weighted by Gasteiger charge is 2.15. The number of halogens is 1. The van der Waals surface area contributed by atoms with Crippen LogP contribution in [0.1, 0.15) is 17.2 Å². The van der Waals surface area contributed by atoms with E-state index in [9.17, 15) is 14.6 Å². The number of aliphatic hydroxyl groups is 1. The third-order valence-corrected chi connectivity index (χ3v) is 1.92. The maximum Gasteiger partial charge on any atom is 0.168 e. The van der Waals surface area contributed by atoms with Crippen molar-refractivity contribution in [2.75, 3.05) is 6.54 Å². The lowest BCUT2D eigenvalue weighted by Gasteiger charge is -2.11. The highest BCUT2D eigenvalue weighted by Crippen LogP contribution is 2.28. The number of nitrogens with two attached hydrogens (primary N) is 1. The molecule has 1 atom stereocenters. The molecular formula is C9H12FNO2. The van der Waals surface area contributed by atoms with Gasteiger partial charge < -0.3 is 15.9 Å². The van der Waals surface area contributed by atoms with Gasteiger partial charge in [0.25, 0.3) is 0 Å². The van der Waals surface area contributed by atoms with Gasteiger partial charge in [-0.25, -0.2) is 4.39 Å². The van der Waals surface area contributed by atoms with Crippen LogP contribution in [0, 0.1) is 12.7 Å². The maximum atomic E-state index is 13.1. The van der Waals surface area contributed by atoms with Gasteiger partial charge in [0.2, 0.25) is 0 Å². The number of phenols is 1. The van der Waals surface area contributed by atoms with E-state index in [0.29, 0.717) is 5.56 Å². The summed E-state index contributed by atoms with van der Waals surface area (Å²) in [5.41, 5.74) is 5.65. The van der Waals surface area contributed by atoms with Gasteiger partial charge in [-0.2, -0.15) is 0 Å². The molecule has 4 N–H and O–H groups in total. The number of phenolic OH excluding ortho intramolecular Hbond substituents is 1. The number of benzene rings is 1. The Morgan fingerprint density at radius 1 is 1.54 bits per heavy atom. The summed E-state index contributed by atoms with van der Waals surface area (Å²) < 4.78 is 13.1. The smallest absolute Gasteiger partial charge is 0.168 e. The van der Waals surface area contributed by atoms with E-state index >= 15 is 0 Å². The minimum Gasteiger partial charge on any atom is -0.505 e. The fraction of sp³-hybridized carbons (Fsp3) is 0.333. The van der Waals surface area contributed by atoms with Crippen LogP contribution < -0.4 is 5.73 Å². The molecular weight excluding hydrogens is 173 g/mol. The Morgan fingerprint density at radius 3 is 2.69 bits per heavy atom. The molecule has 72 valence electrons. The Kier molecular flexibility index (Phi) is 2.85. The van der Waals surface area contributed by atoms with E-state index in [-0.39, 0.29) is 12.1 Å². The molecule has 0 saturated carbocycles. The minimum absolute atomic E-state index is 0.0456. The molecule has 0 amide bonds. The molecule has 0 spiro atoms. The number of aliphatic hydroxyl groups excluding tert-OH is 1. The second-order valence-electron chi connectivity index (χ2n) is 2.89. The van der Waals surface area contributed by atoms with Crippen LogP contribution >= 0.6 is 0 Å². The van der Waals surface area contributed by atoms with Crippen LogP contribution in [-0.4, -0.2) is 16.8 Å². The van der Waals surface area contributed by atoms with Crippen molar-refractivity contribution in [1.29, 1.82) is 0 Å². The Balaban J connectivity index is 3.18. The first-order valence-electron chi connectivity index (χ1n) is 3.94. The summed E-state index contributed by atoms with van der Waals surface area (Å²) in [5.74, 6) is -1.22. The molecule has 0 aromatic heterocycles. The number of aryl methyl sites for hydroxylation is 1. The highest BCUT2D eigenvalue weighted by molar-refractivity contribution is 5.39. The van der Waals surface area contributed by atoms with E-state index in [1.165, 1.54) is 19.1 Å². The van der Waals surface area contributed by atoms with Crippen LogP contribution in [-0.2, 0) is 0 Å². The van der Waals surface area contributed by atoms with Gasteiger partial charge in [-0.1, -0.05) is 12.1 Å². The average Bonchev–Trinajstić information content (AvgIpc) is 2.13. The third-order valence-electron chi connectivity index (χ3n) is 1.92. The van der Waals surface area contributed by atoms with Crippen LogP contribution in [0.2, 0.25) is 0 Å². The lowest BCUT2D eigenvalue weighted by Crippen LogP contribution is -2.12. The summed E-state index contributed by atoms with van der Waals surface area (Å²) >= 11 is 0. The summed E-state index contributed by atoms with van der Waals surface area (Å²) in [4.78, 5) is 0. The highest BCUT2D eigenvalue weighted by atomic mass is 19.1. The third kappa shape index (κ3) is 1.79. The van der Waals surface area contributed by atoms with Crippen molar-refractivity contribution in [2.24, 2.45) is 5.73 Å². The molecule has 0 radical (unpaired) electrons. The quantitative estimate of drug-likeness (QED) is 0.639. The second-order valence-corrected chi connectivity index (χ2v) is 2.89. The Morgan fingerprint density at radius 2 is 2.15 bits per heavy atom. The van der Waals surface area contributed by atoms with Crippen molar-refractivity contribution in [3.63, 3.8) is 0 Å². The first kappa shape index (κ1) is 9.95. The van der Waals surface area contributed by atoms with E-state index in [1.54, 1.807) is 0 Å². The van der Waals surface area contributed by atoms with Gasteiger partial charge in [-0.15, -0.1) is 0 Å². The van der Waals surface area contributed by atoms with Crippen molar-refractivity contribution in [1.82, 2.24) is 0 Å². The van der Waals surface area contributed by atoms with Crippen molar-refractivity contribution in [3.8, 4) is 5.75 Å². The molecule has 0 aliphatic rings. The van der Waals surface area contributed by atoms with E-state index in [1.807, 2.05) is 0 Å². The Bertz CT molecular complexity index is 315. The molecule has 0 aliphatic carbocycles. The van der Waals surface area contributed by atoms with Gasteiger partial charge in [0.05, 0.1) is 6.10 Å². The first-order chi connectivity index (χ1) is 6.07. The van der Waals surface area contributed by atoms with Gasteiger partial charge in [-0.3, -0.25) is 0 Å². The molecule has 3 nitrogen and oxygen atoms in total. The van der Waals surface area contributed by atoms with Crippen LogP contribution in [0.4, 0.5) is 4.39 Å². The van der Waals surface area contributed by atoms with Gasteiger partial charge in [-0.05, 0) is 12.5 Å². The fourth-order valence-electron chi connectivity index (χ4n) is 1.08. The predicted octanol–water partition coefficient (Wildman–Crippen LogP) is 0.832. The summed E-state index contributed by atoms with van der Waals surface area (Å²) in [6.07, 6.45) is -1.02. The Hall–Kier alpha value is -1.13. The number of hydrogen-bond donors (Lipinski definition) is 3. The molecule has 0 saturated heterocycles. The predicted molar refractivity (Wildman–Crippen MR) is 46.8 cm³/mol. The largest absolute Gasteiger partial charge is 0.505 e. The standard InChI is InChI=1S/C9H12FNO2/c1-5-2-3-6(7(12)4-11)9(13)8(5)10/h2-3,7,12-13H,4,11H2,1H3. The van der Waals surface area contributed by atoms with Crippen LogP contribution in [0.5, 0.6) is 5.75 Å². The average molecular weight is 185 g/mol. The molecule has 1 aromatic rings. The van der Waals surface area contributed by atoms with Crippen molar-refractivity contribution < 1.29 is 14.6 Å². The summed E-state index contributed by atoms with van der Waals surface area (Å²) in [6.45, 7) is 1.49. The summed E-state index contributed by atoms with van der Waals surface area (Å²) in [5, 5.41) is 18.6. The van der Waals surface area contributed by atoms with E-state index in [0.717, 1.165) is 0 Å². The molecule has 1 aromatic carbocycles. The molecule has 1 rings (SSSR count). The van der Waals surface area contributed by atoms with E-state index in [4.69, 9.17) is 5.73 Å². The van der Waals surface area contributed by atoms with Crippen LogP contribution in [0.3, 0.4) is 0 Å². The second kappa shape index (κ2) is 3.72. The minimum atomic E-state index is -1.02. The first-order valence-corrected chi connectivity index (χ1v) is 3.94. The summed E-state index contributed by atoms with van der Waals surface area (Å²) in [7, 11) is 0. The van der Waals surface area contributed by atoms with Crippen molar-refractivity contribution in [3.05, 3.63) is 29.1 Å². The normalized spacial score (nSPS) is 12.9. The van der Waals surface area contributed by atoms with Crippen molar-refractivity contribution >= 4 is 0 Å². The molecule has 13 heavy (non-hydrogen) atoms. The van der Waals surface area contributed by atoms with E-state index in [2.05, 4.69) is 0 Å². The molecule has 0 aliphatic heterocycles. The van der Waals surface area contributed by atoms with Gasteiger partial charge in [0, 0.05) is 12.1 Å². The molecule has 1 unspecified atom stereocenters. The van der Waals surface area contributed by atoms with E-state index < -0.39 is 17.7 Å². The lowest BCUT2D eigenvalue weighted by atomic mass is 10.1. The molecule has 0 bridgehead atoms. The van der Waals surface area contributed by atoms with Crippen molar-refractivity contribution in [2.45, 2.75) is 13.0 Å². The monoisotopic (exact) mass is 185 g/mol. The van der Waals surface area contributed by atoms with Crippen LogP contribution in [0.15, 0.2) is 12.1 Å². The number of hydrogen-bond acceptors (Lipinski definition) is 3. The molecule has 0 fully saturated rings. The topological polar surface area (TPSA) is 66.5 Å². The zero-order valence-electron chi connectivity index (χ0n) is 7.29. The van der Waals surface area contributed by atoms with Gasteiger partial charge >= 0.3 is 0 Å². The zero-order valence-corrected chi connectivity index (χ0v) is 7.29. The number of rotatable bonds is 2.